The van der Waals surface area contributed by atoms with Gasteiger partial charge < -0.3 is 20.9 Å². The number of rotatable bonds is 3. The Morgan fingerprint density at radius 3 is 2.93 bits per heavy atom. The van der Waals surface area contributed by atoms with E-state index in [-0.39, 0.29) is 6.04 Å². The number of nitrogen functional groups attached to an aromatic ring is 1. The standard InChI is InChI=1S/C9H16N4O/c1-7(6-14-2)13-4-3-8(10)5-9(13)12-11/h3-5,7H,6,10-11H2,1-2H3. The number of nitrogens with two attached hydrogens (primary N) is 2. The van der Waals surface area contributed by atoms with Gasteiger partial charge in [0.05, 0.1) is 12.6 Å². The van der Waals surface area contributed by atoms with Crippen molar-refractivity contribution in [3.63, 3.8) is 0 Å². The van der Waals surface area contributed by atoms with Gasteiger partial charge in [0, 0.05) is 25.1 Å². The van der Waals surface area contributed by atoms with Crippen molar-refractivity contribution in [2.45, 2.75) is 13.0 Å². The number of anilines is 1. The van der Waals surface area contributed by atoms with Crippen molar-refractivity contribution in [2.75, 3.05) is 19.5 Å². The van der Waals surface area contributed by atoms with Gasteiger partial charge in [-0.05, 0) is 13.0 Å². The van der Waals surface area contributed by atoms with E-state index in [1.165, 1.54) is 0 Å². The number of ether oxygens (including phenoxy) is 1. The highest BCUT2D eigenvalue weighted by Crippen LogP contribution is 2.03. The topological polar surface area (TPSA) is 78.6 Å². The highest BCUT2D eigenvalue weighted by Gasteiger charge is 2.04. The molecule has 0 spiro atoms. The fourth-order valence-electron chi connectivity index (χ4n) is 1.31. The normalized spacial score (nSPS) is 14.3. The summed E-state index contributed by atoms with van der Waals surface area (Å²) in [5.41, 5.74) is 6.91. The van der Waals surface area contributed by atoms with Crippen molar-refractivity contribution in [1.29, 1.82) is 0 Å². The molecule has 0 amide bonds. The average Bonchev–Trinajstić information content (AvgIpc) is 2.17. The summed E-state index contributed by atoms with van der Waals surface area (Å²) < 4.78 is 6.97. The lowest BCUT2D eigenvalue weighted by Crippen LogP contribution is -2.27. The number of hydrogen-bond acceptors (Lipinski definition) is 4. The molecule has 5 heteroatoms. The molecule has 4 N–H and O–H groups in total. The van der Waals surface area contributed by atoms with E-state index < -0.39 is 0 Å². The first-order valence-electron chi connectivity index (χ1n) is 4.39. The van der Waals surface area contributed by atoms with Gasteiger partial charge in [-0.25, -0.2) is 0 Å². The Hall–Kier alpha value is -1.49. The van der Waals surface area contributed by atoms with Gasteiger partial charge >= 0.3 is 0 Å². The van der Waals surface area contributed by atoms with E-state index in [9.17, 15) is 0 Å². The molecular formula is C9H16N4O. The van der Waals surface area contributed by atoms with Gasteiger partial charge in [-0.1, -0.05) is 0 Å². The van der Waals surface area contributed by atoms with E-state index in [1.807, 2.05) is 17.7 Å². The third-order valence-electron chi connectivity index (χ3n) is 2.00. The van der Waals surface area contributed by atoms with Crippen LogP contribution in [-0.2, 0) is 4.74 Å². The second kappa shape index (κ2) is 4.66. The lowest BCUT2D eigenvalue weighted by molar-refractivity contribution is 0.160. The van der Waals surface area contributed by atoms with Crippen LogP contribution < -0.4 is 17.1 Å². The van der Waals surface area contributed by atoms with Crippen LogP contribution in [0.5, 0.6) is 0 Å². The summed E-state index contributed by atoms with van der Waals surface area (Å²) in [6, 6.07) is 3.72. The monoisotopic (exact) mass is 196 g/mol. The van der Waals surface area contributed by atoms with Gasteiger partial charge in [0.2, 0.25) is 0 Å². The Morgan fingerprint density at radius 2 is 2.36 bits per heavy atom. The van der Waals surface area contributed by atoms with E-state index in [1.54, 1.807) is 19.2 Å². The number of hydrogen-bond donors (Lipinski definition) is 2. The minimum Gasteiger partial charge on any atom is -0.399 e. The molecule has 1 aromatic heterocycles. The van der Waals surface area contributed by atoms with Crippen LogP contribution in [0.2, 0.25) is 0 Å². The average molecular weight is 196 g/mol. The molecule has 1 rings (SSSR count). The maximum absolute atomic E-state index is 5.62. The fourth-order valence-corrected chi connectivity index (χ4v) is 1.31. The summed E-state index contributed by atoms with van der Waals surface area (Å²) in [5.74, 6) is 5.26. The van der Waals surface area contributed by atoms with Crippen LogP contribution in [-0.4, -0.2) is 18.3 Å². The molecule has 14 heavy (non-hydrogen) atoms. The smallest absolute Gasteiger partial charge is 0.154 e. The number of pyridine rings is 1. The zero-order valence-corrected chi connectivity index (χ0v) is 8.47. The van der Waals surface area contributed by atoms with Crippen LogP contribution in [0.25, 0.3) is 0 Å². The fraction of sp³-hybridized carbons (Fsp3) is 0.444. The Balaban J connectivity index is 3.08. The number of methoxy groups -OCH3 is 1. The number of aromatic nitrogens is 1. The van der Waals surface area contributed by atoms with Crippen molar-refractivity contribution < 1.29 is 4.74 Å². The lowest BCUT2D eigenvalue weighted by atomic mass is 10.3. The molecule has 0 aliphatic carbocycles. The van der Waals surface area contributed by atoms with Crippen molar-refractivity contribution in [2.24, 2.45) is 10.9 Å². The Labute approximate surface area is 83.0 Å². The highest BCUT2D eigenvalue weighted by atomic mass is 16.5. The molecule has 0 aromatic carbocycles. The van der Waals surface area contributed by atoms with E-state index in [0.717, 1.165) is 0 Å². The Bertz CT molecular complexity index is 358. The molecule has 0 saturated carbocycles. The molecule has 0 aliphatic rings. The van der Waals surface area contributed by atoms with Crippen molar-refractivity contribution >= 4 is 5.69 Å². The van der Waals surface area contributed by atoms with Gasteiger partial charge in [0.1, 0.15) is 0 Å². The predicted molar refractivity (Wildman–Crippen MR) is 55.2 cm³/mol. The molecule has 1 heterocycles. The second-order valence-electron chi connectivity index (χ2n) is 3.16. The van der Waals surface area contributed by atoms with Crippen LogP contribution in [0.4, 0.5) is 5.69 Å². The zero-order valence-electron chi connectivity index (χ0n) is 8.47. The summed E-state index contributed by atoms with van der Waals surface area (Å²) in [6.07, 6.45) is 1.85. The molecule has 5 nitrogen and oxygen atoms in total. The van der Waals surface area contributed by atoms with Crippen LogP contribution in [0.3, 0.4) is 0 Å². The van der Waals surface area contributed by atoms with Gasteiger partial charge in [-0.15, -0.1) is 0 Å². The summed E-state index contributed by atoms with van der Waals surface area (Å²) >= 11 is 0. The lowest BCUT2D eigenvalue weighted by Gasteiger charge is -2.15. The van der Waals surface area contributed by atoms with Crippen molar-refractivity contribution in [3.05, 3.63) is 23.8 Å². The van der Waals surface area contributed by atoms with Crippen molar-refractivity contribution in [3.8, 4) is 0 Å². The minimum atomic E-state index is 0.183. The molecule has 0 saturated heterocycles. The first-order chi connectivity index (χ1) is 6.69. The molecule has 0 fully saturated rings. The van der Waals surface area contributed by atoms with E-state index in [2.05, 4.69) is 5.10 Å². The molecule has 1 aromatic rings. The quantitative estimate of drug-likeness (QED) is 0.529. The third-order valence-corrected chi connectivity index (χ3v) is 2.00. The van der Waals surface area contributed by atoms with Gasteiger partial charge in [0.15, 0.2) is 5.49 Å². The molecule has 78 valence electrons. The molecule has 1 atom stereocenters. The maximum Gasteiger partial charge on any atom is 0.154 e. The summed E-state index contributed by atoms with van der Waals surface area (Å²) in [5, 5.41) is 3.66. The molecule has 0 radical (unpaired) electrons. The second-order valence-corrected chi connectivity index (χ2v) is 3.16. The zero-order chi connectivity index (χ0) is 10.6. The summed E-state index contributed by atoms with van der Waals surface area (Å²) in [7, 11) is 1.66. The van der Waals surface area contributed by atoms with Crippen LogP contribution in [0, 0.1) is 0 Å². The molecule has 0 bridgehead atoms. The Kier molecular flexibility index (Phi) is 3.53. The van der Waals surface area contributed by atoms with Gasteiger partial charge in [-0.3, -0.25) is 0 Å². The predicted octanol–water partition coefficient (Wildman–Crippen LogP) is 0.0521. The van der Waals surface area contributed by atoms with E-state index in [0.29, 0.717) is 17.8 Å². The highest BCUT2D eigenvalue weighted by molar-refractivity contribution is 5.34. The van der Waals surface area contributed by atoms with Crippen LogP contribution >= 0.6 is 0 Å². The summed E-state index contributed by atoms with van der Waals surface area (Å²) in [4.78, 5) is 0. The first-order valence-corrected chi connectivity index (χ1v) is 4.39. The molecular weight excluding hydrogens is 180 g/mol. The Morgan fingerprint density at radius 1 is 1.64 bits per heavy atom. The SMILES string of the molecule is COCC(C)n1ccc(N)cc1=NN. The molecule has 0 aliphatic heterocycles. The number of nitrogens with zero attached hydrogens (tertiary/aromatic N) is 2. The van der Waals surface area contributed by atoms with E-state index >= 15 is 0 Å². The van der Waals surface area contributed by atoms with Gasteiger partial charge in [0.25, 0.3) is 0 Å². The van der Waals surface area contributed by atoms with Gasteiger partial charge in [-0.2, -0.15) is 5.10 Å². The largest absolute Gasteiger partial charge is 0.399 e. The molecule has 1 unspecified atom stereocenters. The maximum atomic E-state index is 5.62. The van der Waals surface area contributed by atoms with Crippen LogP contribution in [0.15, 0.2) is 23.4 Å². The van der Waals surface area contributed by atoms with Crippen molar-refractivity contribution in [1.82, 2.24) is 4.57 Å². The minimum absolute atomic E-state index is 0.183. The van der Waals surface area contributed by atoms with E-state index in [4.69, 9.17) is 16.3 Å². The first kappa shape index (κ1) is 10.6. The third kappa shape index (κ3) is 2.26. The summed E-state index contributed by atoms with van der Waals surface area (Å²) in [6.45, 7) is 2.63. The van der Waals surface area contributed by atoms with Crippen LogP contribution in [0.1, 0.15) is 13.0 Å².